The lowest BCUT2D eigenvalue weighted by Crippen LogP contribution is -2.22. The first-order valence-corrected chi connectivity index (χ1v) is 8.55. The minimum absolute atomic E-state index is 0.0163. The molecule has 122 valence electrons. The normalized spacial score (nSPS) is 26.9. The number of ether oxygens (including phenoxy) is 1. The Morgan fingerprint density at radius 1 is 1.25 bits per heavy atom. The fourth-order valence-corrected chi connectivity index (χ4v) is 4.47. The standard InChI is InChI=1S/C20H18ClNO2/c1-3-24-19(23)18-17(13-7-6-8-14(21)11-13)20(18)12(2)22-16-10-5-4-9-15(16)20/h4-11,17-18H,3H2,1-2H3. The second-order valence-corrected chi connectivity index (χ2v) is 6.78. The van der Waals surface area contributed by atoms with Crippen LogP contribution in [0.25, 0.3) is 0 Å². The fourth-order valence-electron chi connectivity index (χ4n) is 4.27. The monoisotopic (exact) mass is 339 g/mol. The Bertz CT molecular complexity index is 860. The SMILES string of the molecule is CCOC(=O)C1C(c2cccc(Cl)c2)C12C(C)=Nc1ccccc12. The molecule has 0 N–H and O–H groups in total. The van der Waals surface area contributed by atoms with Gasteiger partial charge in [-0.25, -0.2) is 0 Å². The third-order valence-corrected chi connectivity index (χ3v) is 5.43. The Morgan fingerprint density at radius 3 is 2.79 bits per heavy atom. The third kappa shape index (κ3) is 1.97. The summed E-state index contributed by atoms with van der Waals surface area (Å²) in [5, 5.41) is 0.679. The smallest absolute Gasteiger partial charge is 0.310 e. The average molecular weight is 340 g/mol. The van der Waals surface area contributed by atoms with Gasteiger partial charge in [0.1, 0.15) is 0 Å². The summed E-state index contributed by atoms with van der Waals surface area (Å²) >= 11 is 6.19. The lowest BCUT2D eigenvalue weighted by atomic mass is 9.87. The Kier molecular flexibility index (Phi) is 3.50. The minimum Gasteiger partial charge on any atom is -0.466 e. The van der Waals surface area contributed by atoms with Gasteiger partial charge in [-0.3, -0.25) is 9.79 Å². The van der Waals surface area contributed by atoms with Crippen molar-refractivity contribution in [3.63, 3.8) is 0 Å². The number of carbonyl (C=O) groups is 1. The van der Waals surface area contributed by atoms with Crippen LogP contribution in [0.3, 0.4) is 0 Å². The number of esters is 1. The van der Waals surface area contributed by atoms with Crippen molar-refractivity contribution in [2.45, 2.75) is 25.2 Å². The topological polar surface area (TPSA) is 38.7 Å². The first kappa shape index (κ1) is 15.4. The number of para-hydroxylation sites is 1. The van der Waals surface area contributed by atoms with Gasteiger partial charge in [0.25, 0.3) is 0 Å². The van der Waals surface area contributed by atoms with Crippen molar-refractivity contribution in [3.8, 4) is 0 Å². The van der Waals surface area contributed by atoms with Crippen LogP contribution in [-0.2, 0) is 14.9 Å². The molecule has 2 aliphatic rings. The summed E-state index contributed by atoms with van der Waals surface area (Å²) in [6.07, 6.45) is 0. The first-order valence-electron chi connectivity index (χ1n) is 8.18. The van der Waals surface area contributed by atoms with Gasteiger partial charge >= 0.3 is 5.97 Å². The van der Waals surface area contributed by atoms with Gasteiger partial charge in [-0.15, -0.1) is 0 Å². The molecule has 1 aliphatic heterocycles. The van der Waals surface area contributed by atoms with E-state index in [1.807, 2.05) is 56.3 Å². The van der Waals surface area contributed by atoms with E-state index in [1.54, 1.807) is 0 Å². The lowest BCUT2D eigenvalue weighted by molar-refractivity contribution is -0.145. The van der Waals surface area contributed by atoms with Crippen LogP contribution >= 0.6 is 11.6 Å². The first-order chi connectivity index (χ1) is 11.6. The highest BCUT2D eigenvalue weighted by molar-refractivity contribution is 6.30. The predicted molar refractivity (Wildman–Crippen MR) is 95.2 cm³/mol. The van der Waals surface area contributed by atoms with Crippen LogP contribution in [-0.4, -0.2) is 18.3 Å². The molecule has 4 heteroatoms. The maximum Gasteiger partial charge on any atom is 0.310 e. The number of halogens is 1. The van der Waals surface area contributed by atoms with Gasteiger partial charge in [-0.05, 0) is 43.2 Å². The highest BCUT2D eigenvalue weighted by Gasteiger charge is 2.73. The highest BCUT2D eigenvalue weighted by Crippen LogP contribution is 2.70. The van der Waals surface area contributed by atoms with Crippen molar-refractivity contribution in [3.05, 3.63) is 64.7 Å². The number of fused-ring (bicyclic) bond motifs is 2. The van der Waals surface area contributed by atoms with E-state index >= 15 is 0 Å². The second-order valence-electron chi connectivity index (χ2n) is 6.35. The predicted octanol–water partition coefficient (Wildman–Crippen LogP) is 4.66. The number of benzene rings is 2. The molecule has 1 aliphatic carbocycles. The average Bonchev–Trinajstić information content (AvgIpc) is 3.18. The van der Waals surface area contributed by atoms with E-state index in [-0.39, 0.29) is 17.8 Å². The molecule has 3 atom stereocenters. The van der Waals surface area contributed by atoms with Crippen LogP contribution in [0.2, 0.25) is 5.02 Å². The van der Waals surface area contributed by atoms with Crippen molar-refractivity contribution in [1.82, 2.24) is 0 Å². The van der Waals surface area contributed by atoms with Crippen molar-refractivity contribution in [1.29, 1.82) is 0 Å². The van der Waals surface area contributed by atoms with E-state index in [2.05, 4.69) is 6.07 Å². The van der Waals surface area contributed by atoms with Gasteiger partial charge in [0.15, 0.2) is 0 Å². The molecular weight excluding hydrogens is 322 g/mol. The summed E-state index contributed by atoms with van der Waals surface area (Å²) in [4.78, 5) is 17.4. The lowest BCUT2D eigenvalue weighted by Gasteiger charge is -2.13. The summed E-state index contributed by atoms with van der Waals surface area (Å²) in [6, 6.07) is 15.8. The maximum absolute atomic E-state index is 12.7. The number of aliphatic imine (C=N–C) groups is 1. The molecule has 0 radical (unpaired) electrons. The molecule has 2 aromatic rings. The van der Waals surface area contributed by atoms with Crippen molar-refractivity contribution >= 4 is 29.0 Å². The zero-order valence-corrected chi connectivity index (χ0v) is 14.4. The molecule has 3 nitrogen and oxygen atoms in total. The minimum atomic E-state index is -0.395. The van der Waals surface area contributed by atoms with Crippen LogP contribution < -0.4 is 0 Å². The van der Waals surface area contributed by atoms with Crippen LogP contribution in [0, 0.1) is 5.92 Å². The largest absolute Gasteiger partial charge is 0.466 e. The van der Waals surface area contributed by atoms with E-state index in [9.17, 15) is 4.79 Å². The summed E-state index contributed by atoms with van der Waals surface area (Å²) in [7, 11) is 0. The highest BCUT2D eigenvalue weighted by atomic mass is 35.5. The molecule has 1 fully saturated rings. The van der Waals surface area contributed by atoms with Crippen LogP contribution in [0.15, 0.2) is 53.5 Å². The van der Waals surface area contributed by atoms with Crippen LogP contribution in [0.4, 0.5) is 5.69 Å². The molecule has 0 bridgehead atoms. The van der Waals surface area contributed by atoms with Crippen LogP contribution in [0.1, 0.15) is 30.9 Å². The second kappa shape index (κ2) is 5.45. The number of rotatable bonds is 3. The number of hydrogen-bond donors (Lipinski definition) is 0. The van der Waals surface area contributed by atoms with Crippen molar-refractivity contribution < 1.29 is 9.53 Å². The summed E-state index contributed by atoms with van der Waals surface area (Å²) in [5.74, 6) is -0.389. The van der Waals surface area contributed by atoms with E-state index in [4.69, 9.17) is 21.3 Å². The molecule has 24 heavy (non-hydrogen) atoms. The Morgan fingerprint density at radius 2 is 2.04 bits per heavy atom. The Labute approximate surface area is 146 Å². The van der Waals surface area contributed by atoms with E-state index < -0.39 is 5.41 Å². The van der Waals surface area contributed by atoms with Crippen molar-refractivity contribution in [2.75, 3.05) is 6.61 Å². The molecule has 2 aromatic carbocycles. The quantitative estimate of drug-likeness (QED) is 0.763. The summed E-state index contributed by atoms with van der Waals surface area (Å²) in [5.41, 5.74) is 3.71. The molecule has 0 aromatic heterocycles. The molecular formula is C20H18ClNO2. The summed E-state index contributed by atoms with van der Waals surface area (Å²) in [6.45, 7) is 4.23. The van der Waals surface area contributed by atoms with Gasteiger partial charge in [-0.2, -0.15) is 0 Å². The molecule has 0 saturated heterocycles. The van der Waals surface area contributed by atoms with Gasteiger partial charge in [0.05, 0.1) is 23.6 Å². The molecule has 3 unspecified atom stereocenters. The number of hydrogen-bond acceptors (Lipinski definition) is 3. The fraction of sp³-hybridized carbons (Fsp3) is 0.300. The maximum atomic E-state index is 12.7. The number of nitrogens with zero attached hydrogens (tertiary/aromatic N) is 1. The zero-order chi connectivity index (χ0) is 16.9. The van der Waals surface area contributed by atoms with E-state index in [0.29, 0.717) is 11.6 Å². The van der Waals surface area contributed by atoms with Gasteiger partial charge in [0, 0.05) is 16.7 Å². The third-order valence-electron chi connectivity index (χ3n) is 5.19. The molecule has 4 rings (SSSR count). The molecule has 0 amide bonds. The molecule has 1 spiro atoms. The molecule has 1 heterocycles. The van der Waals surface area contributed by atoms with Gasteiger partial charge in [-0.1, -0.05) is 41.9 Å². The Hall–Kier alpha value is -2.13. The van der Waals surface area contributed by atoms with Crippen LogP contribution in [0.5, 0.6) is 0 Å². The number of carbonyl (C=O) groups excluding carboxylic acids is 1. The van der Waals surface area contributed by atoms with Gasteiger partial charge in [0.2, 0.25) is 0 Å². The van der Waals surface area contributed by atoms with E-state index in [1.165, 1.54) is 0 Å². The Balaban J connectivity index is 1.87. The van der Waals surface area contributed by atoms with E-state index in [0.717, 1.165) is 22.5 Å². The summed E-state index contributed by atoms with van der Waals surface area (Å²) < 4.78 is 5.37. The van der Waals surface area contributed by atoms with Crippen molar-refractivity contribution in [2.24, 2.45) is 10.9 Å². The molecule has 1 saturated carbocycles. The zero-order valence-electron chi connectivity index (χ0n) is 13.6. The van der Waals surface area contributed by atoms with Gasteiger partial charge < -0.3 is 4.74 Å².